The lowest BCUT2D eigenvalue weighted by Crippen LogP contribution is -2.42. The Hall–Kier alpha value is -6.70. The quantitative estimate of drug-likeness (QED) is 0.159. The summed E-state index contributed by atoms with van der Waals surface area (Å²) in [5, 5.41) is 13.2. The van der Waals surface area contributed by atoms with Crippen molar-refractivity contribution in [2.24, 2.45) is 0 Å². The fourth-order valence-corrected chi connectivity index (χ4v) is 9.94. The SMILES string of the molecule is CC1(C)c2cccc3ccc4c(-c5cccc(N(c6ccccc6)c6cccc(-c7ccc8c9ccccc9c9ccccc9c8c7)c6)c5)ccc(c4c23)C1(C)C. The maximum atomic E-state index is 2.42. The van der Waals surface area contributed by atoms with Crippen LogP contribution in [0.4, 0.5) is 17.1 Å². The van der Waals surface area contributed by atoms with Gasteiger partial charge in [0.15, 0.2) is 0 Å². The minimum atomic E-state index is -0.0324. The van der Waals surface area contributed by atoms with E-state index in [1.165, 1.54) is 87.2 Å². The molecule has 1 nitrogen and oxygen atoms in total. The molecule has 0 saturated carbocycles. The number of fused-ring (bicyclic) bond motifs is 6. The van der Waals surface area contributed by atoms with E-state index in [1.807, 2.05) is 0 Å². The highest BCUT2D eigenvalue weighted by molar-refractivity contribution is 6.25. The van der Waals surface area contributed by atoms with Crippen LogP contribution in [0.5, 0.6) is 0 Å². The Balaban J connectivity index is 1.07. The van der Waals surface area contributed by atoms with Gasteiger partial charge in [0.1, 0.15) is 0 Å². The second kappa shape index (κ2) is 12.4. The maximum Gasteiger partial charge on any atom is 0.0467 e. The van der Waals surface area contributed by atoms with E-state index in [2.05, 4.69) is 221 Å². The lowest BCUT2D eigenvalue weighted by molar-refractivity contribution is 0.304. The van der Waals surface area contributed by atoms with Crippen molar-refractivity contribution in [2.45, 2.75) is 38.5 Å². The summed E-state index contributed by atoms with van der Waals surface area (Å²) in [6.45, 7) is 9.67. The molecule has 0 aromatic heterocycles. The van der Waals surface area contributed by atoms with Crippen molar-refractivity contribution >= 4 is 70.9 Å². The monoisotopic (exact) mass is 729 g/mol. The standard InChI is InChI=1S/C56H43N/c1-55(2)51-26-14-15-36-27-30-49-43(31-32-52(56(55,3)4)54(49)53(36)51)39-17-13-21-42(34-39)57(40-18-6-5-7-19-40)41-20-12-16-37(33-41)38-28-29-48-46-24-9-8-22-44(46)45-23-10-11-25-47(45)50(48)35-38/h5-35H,1-4H3. The Kier molecular flexibility index (Phi) is 7.32. The van der Waals surface area contributed by atoms with Crippen LogP contribution < -0.4 is 4.90 Å². The molecule has 0 unspecified atom stereocenters. The molecule has 0 bridgehead atoms. The Morgan fingerprint density at radius 1 is 0.316 bits per heavy atom. The van der Waals surface area contributed by atoms with Crippen LogP contribution in [0, 0.1) is 0 Å². The van der Waals surface area contributed by atoms with Gasteiger partial charge in [0.2, 0.25) is 0 Å². The zero-order valence-electron chi connectivity index (χ0n) is 32.8. The van der Waals surface area contributed by atoms with Crippen molar-refractivity contribution in [3.05, 3.63) is 199 Å². The van der Waals surface area contributed by atoms with Gasteiger partial charge in [0.05, 0.1) is 0 Å². The molecule has 57 heavy (non-hydrogen) atoms. The zero-order valence-corrected chi connectivity index (χ0v) is 32.8. The van der Waals surface area contributed by atoms with E-state index >= 15 is 0 Å². The van der Waals surface area contributed by atoms with Crippen LogP contribution in [0.1, 0.15) is 38.8 Å². The molecule has 1 aliphatic carbocycles. The van der Waals surface area contributed by atoms with Gasteiger partial charge in [-0.05, 0) is 141 Å². The second-order valence-corrected chi connectivity index (χ2v) is 16.9. The van der Waals surface area contributed by atoms with Crippen molar-refractivity contribution in [3.63, 3.8) is 0 Å². The molecule has 0 atom stereocenters. The van der Waals surface area contributed by atoms with Gasteiger partial charge in [0, 0.05) is 17.1 Å². The number of nitrogens with zero attached hydrogens (tertiary/aromatic N) is 1. The topological polar surface area (TPSA) is 3.24 Å². The van der Waals surface area contributed by atoms with Crippen molar-refractivity contribution in [2.75, 3.05) is 4.90 Å². The summed E-state index contributed by atoms with van der Waals surface area (Å²) >= 11 is 0. The van der Waals surface area contributed by atoms with E-state index < -0.39 is 0 Å². The molecule has 0 aliphatic heterocycles. The van der Waals surface area contributed by atoms with Crippen LogP contribution in [0.2, 0.25) is 0 Å². The Bertz CT molecular complexity index is 3200. The van der Waals surface area contributed by atoms with Crippen LogP contribution in [-0.2, 0) is 10.8 Å². The fourth-order valence-electron chi connectivity index (χ4n) is 9.94. The van der Waals surface area contributed by atoms with Crippen molar-refractivity contribution in [3.8, 4) is 22.3 Å². The van der Waals surface area contributed by atoms with E-state index in [1.54, 1.807) is 0 Å². The molecule has 0 amide bonds. The van der Waals surface area contributed by atoms with Crippen molar-refractivity contribution in [1.82, 2.24) is 0 Å². The molecule has 10 aromatic rings. The highest BCUT2D eigenvalue weighted by Gasteiger charge is 2.45. The van der Waals surface area contributed by atoms with Gasteiger partial charge in [-0.2, -0.15) is 0 Å². The number of hydrogen-bond acceptors (Lipinski definition) is 1. The summed E-state index contributed by atoms with van der Waals surface area (Å²) in [4.78, 5) is 2.40. The molecule has 0 saturated heterocycles. The molecule has 11 rings (SSSR count). The molecule has 272 valence electrons. The van der Waals surface area contributed by atoms with E-state index in [4.69, 9.17) is 0 Å². The van der Waals surface area contributed by atoms with Gasteiger partial charge in [0.25, 0.3) is 0 Å². The third-order valence-electron chi connectivity index (χ3n) is 13.5. The lowest BCUT2D eigenvalue weighted by Gasteiger charge is -2.47. The van der Waals surface area contributed by atoms with Gasteiger partial charge >= 0.3 is 0 Å². The van der Waals surface area contributed by atoms with Crippen LogP contribution >= 0.6 is 0 Å². The van der Waals surface area contributed by atoms with Crippen molar-refractivity contribution in [1.29, 1.82) is 0 Å². The maximum absolute atomic E-state index is 2.42. The average Bonchev–Trinajstić information content (AvgIpc) is 3.26. The Labute approximate surface area is 334 Å². The normalized spacial score (nSPS) is 14.2. The summed E-state index contributed by atoms with van der Waals surface area (Å²) in [6.07, 6.45) is 0. The third-order valence-corrected chi connectivity index (χ3v) is 13.5. The van der Waals surface area contributed by atoms with Crippen LogP contribution in [-0.4, -0.2) is 0 Å². The first-order valence-corrected chi connectivity index (χ1v) is 20.2. The summed E-state index contributed by atoms with van der Waals surface area (Å²) in [5.74, 6) is 0. The van der Waals surface area contributed by atoms with Gasteiger partial charge in [-0.3, -0.25) is 0 Å². The number of benzene rings is 10. The van der Waals surface area contributed by atoms with E-state index in [0.29, 0.717) is 0 Å². The van der Waals surface area contributed by atoms with E-state index in [0.717, 1.165) is 17.1 Å². The fraction of sp³-hybridized carbons (Fsp3) is 0.107. The van der Waals surface area contributed by atoms with Gasteiger partial charge in [-0.25, -0.2) is 0 Å². The molecule has 0 heterocycles. The molecule has 1 aliphatic rings. The van der Waals surface area contributed by atoms with Crippen LogP contribution in [0.3, 0.4) is 0 Å². The summed E-state index contributed by atoms with van der Waals surface area (Å²) in [7, 11) is 0. The number of hydrogen-bond donors (Lipinski definition) is 0. The summed E-state index contributed by atoms with van der Waals surface area (Å²) in [6, 6.07) is 69.8. The van der Waals surface area contributed by atoms with Gasteiger partial charge in [-0.1, -0.05) is 173 Å². The molecular weight excluding hydrogens is 687 g/mol. The first-order valence-electron chi connectivity index (χ1n) is 20.2. The van der Waals surface area contributed by atoms with Crippen molar-refractivity contribution < 1.29 is 0 Å². The zero-order chi connectivity index (χ0) is 38.5. The average molecular weight is 730 g/mol. The molecule has 0 N–H and O–H groups in total. The second-order valence-electron chi connectivity index (χ2n) is 16.9. The lowest BCUT2D eigenvalue weighted by atomic mass is 9.56. The molecular formula is C56H43N. The summed E-state index contributed by atoms with van der Waals surface area (Å²) < 4.78 is 0. The molecule has 0 radical (unpaired) electrons. The smallest absolute Gasteiger partial charge is 0.0467 e. The van der Waals surface area contributed by atoms with Gasteiger partial charge in [-0.15, -0.1) is 0 Å². The third kappa shape index (κ3) is 4.95. The Morgan fingerprint density at radius 3 is 1.51 bits per heavy atom. The van der Waals surface area contributed by atoms with E-state index in [9.17, 15) is 0 Å². The predicted molar refractivity (Wildman–Crippen MR) is 246 cm³/mol. The predicted octanol–water partition coefficient (Wildman–Crippen LogP) is 15.8. The number of rotatable bonds is 5. The number of anilines is 3. The highest BCUT2D eigenvalue weighted by Crippen LogP contribution is 2.55. The first-order chi connectivity index (χ1) is 27.8. The molecule has 0 spiro atoms. The largest absolute Gasteiger partial charge is 0.310 e. The minimum absolute atomic E-state index is 0.00500. The highest BCUT2D eigenvalue weighted by atomic mass is 15.1. The molecule has 10 aromatic carbocycles. The van der Waals surface area contributed by atoms with Gasteiger partial charge < -0.3 is 4.90 Å². The minimum Gasteiger partial charge on any atom is -0.310 e. The van der Waals surface area contributed by atoms with E-state index in [-0.39, 0.29) is 10.8 Å². The first kappa shape index (κ1) is 33.6. The molecule has 0 fully saturated rings. The van der Waals surface area contributed by atoms with Crippen LogP contribution in [0.15, 0.2) is 188 Å². The van der Waals surface area contributed by atoms with Crippen LogP contribution in [0.25, 0.3) is 76.1 Å². The molecule has 1 heteroatoms. The summed E-state index contributed by atoms with van der Waals surface area (Å²) in [5.41, 5.74) is 11.1. The number of para-hydroxylation sites is 1. The Morgan fingerprint density at radius 2 is 0.825 bits per heavy atom.